The molecule has 3 aromatic rings. The van der Waals surface area contributed by atoms with Crippen LogP contribution in [0.15, 0.2) is 41.4 Å². The number of halogens is 1. The summed E-state index contributed by atoms with van der Waals surface area (Å²) in [5.41, 5.74) is 3.56. The van der Waals surface area contributed by atoms with Crippen LogP contribution in [0.4, 0.5) is 15.8 Å². The van der Waals surface area contributed by atoms with Gasteiger partial charge in [-0.1, -0.05) is 12.1 Å². The zero-order valence-corrected chi connectivity index (χ0v) is 14.5. The number of rotatable bonds is 3. The molecule has 0 amide bonds. The first-order valence-electron chi connectivity index (χ1n) is 8.60. The number of ether oxygens (including phenoxy) is 1. The van der Waals surface area contributed by atoms with Crippen LogP contribution in [0.25, 0.3) is 10.9 Å². The molecule has 1 aromatic heterocycles. The van der Waals surface area contributed by atoms with Gasteiger partial charge in [-0.3, -0.25) is 4.99 Å². The van der Waals surface area contributed by atoms with Crippen molar-refractivity contribution >= 4 is 28.5 Å². The number of H-pyrrole nitrogens is 1. The Kier molecular flexibility index (Phi) is 4.34. The zero-order chi connectivity index (χ0) is 18.1. The summed E-state index contributed by atoms with van der Waals surface area (Å²) in [6, 6.07) is 10.7. The maximum absolute atomic E-state index is 14.5. The molecule has 1 saturated heterocycles. The number of anilines is 1. The fourth-order valence-electron chi connectivity index (χ4n) is 3.34. The normalized spacial score (nSPS) is 15.2. The summed E-state index contributed by atoms with van der Waals surface area (Å²) in [6.45, 7) is 4.56. The Balaban J connectivity index is 1.63. The van der Waals surface area contributed by atoms with E-state index in [9.17, 15) is 9.50 Å². The predicted octanol–water partition coefficient (Wildman–Crippen LogP) is 3.91. The first-order chi connectivity index (χ1) is 12.6. The second kappa shape index (κ2) is 6.80. The van der Waals surface area contributed by atoms with Crippen molar-refractivity contribution in [2.75, 3.05) is 31.2 Å². The summed E-state index contributed by atoms with van der Waals surface area (Å²) in [6.07, 6.45) is 1.57. The number of hydrogen-bond donors (Lipinski definition) is 2. The molecule has 1 fully saturated rings. The average Bonchev–Trinajstić information content (AvgIpc) is 2.97. The molecular formula is C20H20FN3O2. The van der Waals surface area contributed by atoms with Crippen LogP contribution in [0.3, 0.4) is 0 Å². The molecule has 1 aliphatic heterocycles. The second-order valence-electron chi connectivity index (χ2n) is 6.38. The van der Waals surface area contributed by atoms with E-state index < -0.39 is 0 Å². The van der Waals surface area contributed by atoms with E-state index in [-0.39, 0.29) is 11.7 Å². The first kappa shape index (κ1) is 16.6. The molecule has 2 heterocycles. The number of aromatic hydroxyl groups is 1. The van der Waals surface area contributed by atoms with Gasteiger partial charge in [-0.25, -0.2) is 4.39 Å². The Morgan fingerprint density at radius 1 is 1.23 bits per heavy atom. The molecule has 2 N–H and O–H groups in total. The highest BCUT2D eigenvalue weighted by atomic mass is 19.1. The summed E-state index contributed by atoms with van der Waals surface area (Å²) < 4.78 is 19.8. The van der Waals surface area contributed by atoms with Gasteiger partial charge >= 0.3 is 0 Å². The Bertz CT molecular complexity index is 975. The van der Waals surface area contributed by atoms with Crippen molar-refractivity contribution in [3.63, 3.8) is 0 Å². The summed E-state index contributed by atoms with van der Waals surface area (Å²) >= 11 is 0. The highest BCUT2D eigenvalue weighted by Gasteiger charge is 2.15. The standard InChI is InChI=1S/C20H20FN3O2/c1-13-3-2-4-17-19(13)15(20(25)23-17)12-22-14-5-6-18(16(21)11-14)24-7-9-26-10-8-24/h2-6,11-12,23,25H,7-10H2,1H3. The van der Waals surface area contributed by atoms with Crippen molar-refractivity contribution in [2.45, 2.75) is 6.92 Å². The van der Waals surface area contributed by atoms with E-state index in [2.05, 4.69) is 9.98 Å². The van der Waals surface area contributed by atoms with E-state index in [0.29, 0.717) is 43.2 Å². The SMILES string of the molecule is Cc1cccc2[nH]c(O)c(C=Nc3ccc(N4CCOCC4)c(F)c3)c12. The molecule has 5 nitrogen and oxygen atoms in total. The molecule has 134 valence electrons. The molecule has 0 radical (unpaired) electrons. The van der Waals surface area contributed by atoms with E-state index in [4.69, 9.17) is 4.74 Å². The topological polar surface area (TPSA) is 60.8 Å². The number of fused-ring (bicyclic) bond motifs is 1. The first-order valence-corrected chi connectivity index (χ1v) is 8.60. The molecule has 0 atom stereocenters. The van der Waals surface area contributed by atoms with E-state index in [0.717, 1.165) is 16.5 Å². The van der Waals surface area contributed by atoms with E-state index in [1.54, 1.807) is 18.3 Å². The molecule has 0 bridgehead atoms. The molecule has 0 unspecified atom stereocenters. The molecular weight excluding hydrogens is 333 g/mol. The van der Waals surface area contributed by atoms with Crippen molar-refractivity contribution in [3.05, 3.63) is 53.3 Å². The van der Waals surface area contributed by atoms with Crippen LogP contribution in [-0.4, -0.2) is 42.6 Å². The smallest absolute Gasteiger partial charge is 0.198 e. The number of nitrogens with one attached hydrogen (secondary N) is 1. The lowest BCUT2D eigenvalue weighted by atomic mass is 10.1. The Morgan fingerprint density at radius 3 is 2.81 bits per heavy atom. The molecule has 26 heavy (non-hydrogen) atoms. The van der Waals surface area contributed by atoms with Crippen molar-refractivity contribution in [1.82, 2.24) is 4.98 Å². The van der Waals surface area contributed by atoms with Gasteiger partial charge in [-0.15, -0.1) is 0 Å². The van der Waals surface area contributed by atoms with Gasteiger partial charge in [0.05, 0.1) is 30.2 Å². The molecule has 4 rings (SSSR count). The van der Waals surface area contributed by atoms with Crippen LogP contribution in [0.5, 0.6) is 5.88 Å². The molecule has 0 aliphatic carbocycles. The summed E-state index contributed by atoms with van der Waals surface area (Å²) in [7, 11) is 0. The predicted molar refractivity (Wildman–Crippen MR) is 101 cm³/mol. The average molecular weight is 353 g/mol. The lowest BCUT2D eigenvalue weighted by Crippen LogP contribution is -2.36. The summed E-state index contributed by atoms with van der Waals surface area (Å²) in [4.78, 5) is 9.27. The van der Waals surface area contributed by atoms with Crippen LogP contribution >= 0.6 is 0 Å². The third-order valence-corrected chi connectivity index (χ3v) is 4.68. The van der Waals surface area contributed by atoms with Gasteiger partial charge in [0.2, 0.25) is 0 Å². The minimum Gasteiger partial charge on any atom is -0.494 e. The number of nitrogens with zero attached hydrogens (tertiary/aromatic N) is 2. The number of hydrogen-bond acceptors (Lipinski definition) is 4. The van der Waals surface area contributed by atoms with Crippen LogP contribution in [-0.2, 0) is 4.74 Å². The Morgan fingerprint density at radius 2 is 2.04 bits per heavy atom. The third kappa shape index (κ3) is 3.04. The molecule has 0 spiro atoms. The lowest BCUT2D eigenvalue weighted by Gasteiger charge is -2.29. The van der Waals surface area contributed by atoms with Crippen LogP contribution < -0.4 is 4.90 Å². The Labute approximate surface area is 150 Å². The minimum absolute atomic E-state index is 0.0588. The number of aliphatic imine (C=N–C) groups is 1. The number of aromatic amines is 1. The highest BCUT2D eigenvalue weighted by molar-refractivity contribution is 6.04. The van der Waals surface area contributed by atoms with Crippen LogP contribution in [0.2, 0.25) is 0 Å². The summed E-state index contributed by atoms with van der Waals surface area (Å²) in [5, 5.41) is 11.1. The van der Waals surface area contributed by atoms with Crippen molar-refractivity contribution in [3.8, 4) is 5.88 Å². The fraction of sp³-hybridized carbons (Fsp3) is 0.250. The number of morpholine rings is 1. The number of aryl methyl sites for hydroxylation is 1. The van der Waals surface area contributed by atoms with E-state index in [1.807, 2.05) is 30.0 Å². The lowest BCUT2D eigenvalue weighted by molar-refractivity contribution is 0.122. The van der Waals surface area contributed by atoms with Gasteiger partial charge in [-0.2, -0.15) is 0 Å². The van der Waals surface area contributed by atoms with E-state index >= 15 is 0 Å². The van der Waals surface area contributed by atoms with Gasteiger partial charge < -0.3 is 19.7 Å². The monoisotopic (exact) mass is 353 g/mol. The molecule has 1 aliphatic rings. The number of benzene rings is 2. The summed E-state index contributed by atoms with van der Waals surface area (Å²) in [5.74, 6) is -0.246. The van der Waals surface area contributed by atoms with Crippen molar-refractivity contribution < 1.29 is 14.2 Å². The van der Waals surface area contributed by atoms with Crippen LogP contribution in [0, 0.1) is 12.7 Å². The zero-order valence-electron chi connectivity index (χ0n) is 14.5. The fourth-order valence-corrected chi connectivity index (χ4v) is 3.34. The van der Waals surface area contributed by atoms with Gasteiger partial charge in [0.15, 0.2) is 5.88 Å². The van der Waals surface area contributed by atoms with Crippen LogP contribution in [0.1, 0.15) is 11.1 Å². The largest absolute Gasteiger partial charge is 0.494 e. The molecule has 6 heteroatoms. The maximum atomic E-state index is 14.5. The number of aromatic nitrogens is 1. The van der Waals surface area contributed by atoms with Crippen molar-refractivity contribution in [2.24, 2.45) is 4.99 Å². The van der Waals surface area contributed by atoms with Gasteiger partial charge in [-0.05, 0) is 30.7 Å². The maximum Gasteiger partial charge on any atom is 0.198 e. The van der Waals surface area contributed by atoms with E-state index in [1.165, 1.54) is 6.07 Å². The van der Waals surface area contributed by atoms with Gasteiger partial charge in [0, 0.05) is 36.3 Å². The second-order valence-corrected chi connectivity index (χ2v) is 6.38. The third-order valence-electron chi connectivity index (χ3n) is 4.68. The highest BCUT2D eigenvalue weighted by Crippen LogP contribution is 2.30. The van der Waals surface area contributed by atoms with Crippen molar-refractivity contribution in [1.29, 1.82) is 0 Å². The molecule has 0 saturated carbocycles. The Hall–Kier alpha value is -2.86. The minimum atomic E-state index is -0.305. The van der Waals surface area contributed by atoms with Gasteiger partial charge in [0.1, 0.15) is 5.82 Å². The molecule has 2 aromatic carbocycles. The quantitative estimate of drug-likeness (QED) is 0.702. The van der Waals surface area contributed by atoms with Gasteiger partial charge in [0.25, 0.3) is 0 Å².